The predicted molar refractivity (Wildman–Crippen MR) is 88.4 cm³/mol. The van der Waals surface area contributed by atoms with Crippen LogP contribution in [-0.2, 0) is 17.8 Å². The average Bonchev–Trinajstić information content (AvgIpc) is 3.15. The van der Waals surface area contributed by atoms with E-state index in [9.17, 15) is 4.79 Å². The van der Waals surface area contributed by atoms with Crippen LogP contribution < -0.4 is 10.1 Å². The fourth-order valence-corrected chi connectivity index (χ4v) is 2.70. The van der Waals surface area contributed by atoms with Crippen molar-refractivity contribution in [3.63, 3.8) is 0 Å². The number of benzene rings is 1. The van der Waals surface area contributed by atoms with Gasteiger partial charge in [0.15, 0.2) is 6.10 Å². The Morgan fingerprint density at radius 1 is 1.32 bits per heavy atom. The number of aryl methyl sites for hydroxylation is 1. The Balaban J connectivity index is 1.36. The van der Waals surface area contributed by atoms with Gasteiger partial charge in [0, 0.05) is 12.4 Å². The van der Waals surface area contributed by atoms with E-state index >= 15 is 0 Å². The van der Waals surface area contributed by atoms with E-state index in [0.717, 1.165) is 17.7 Å². The molecular formula is C17H16N6O2. The first kappa shape index (κ1) is 15.3. The van der Waals surface area contributed by atoms with Crippen LogP contribution in [0.25, 0.3) is 11.5 Å². The molecule has 8 nitrogen and oxygen atoms in total. The van der Waals surface area contributed by atoms with Gasteiger partial charge in [-0.25, -0.2) is 9.97 Å². The van der Waals surface area contributed by atoms with Crippen molar-refractivity contribution < 1.29 is 9.53 Å². The maximum atomic E-state index is 12.3. The van der Waals surface area contributed by atoms with Gasteiger partial charge in [-0.15, -0.1) is 0 Å². The van der Waals surface area contributed by atoms with Crippen LogP contribution in [0.5, 0.6) is 5.75 Å². The largest absolute Gasteiger partial charge is 0.480 e. The van der Waals surface area contributed by atoms with Crippen molar-refractivity contribution in [3.05, 3.63) is 54.2 Å². The van der Waals surface area contributed by atoms with Gasteiger partial charge < -0.3 is 10.1 Å². The van der Waals surface area contributed by atoms with E-state index in [-0.39, 0.29) is 12.5 Å². The van der Waals surface area contributed by atoms with E-state index < -0.39 is 6.10 Å². The van der Waals surface area contributed by atoms with Crippen molar-refractivity contribution >= 4 is 5.91 Å². The normalized spacial score (nSPS) is 15.9. The molecule has 1 amide bonds. The first-order valence-electron chi connectivity index (χ1n) is 7.99. The van der Waals surface area contributed by atoms with Crippen LogP contribution in [-0.4, -0.2) is 37.2 Å². The Morgan fingerprint density at radius 3 is 3.12 bits per heavy atom. The fourth-order valence-electron chi connectivity index (χ4n) is 2.70. The maximum Gasteiger partial charge on any atom is 0.261 e. The Hall–Kier alpha value is -3.29. The molecule has 1 unspecified atom stereocenters. The van der Waals surface area contributed by atoms with Crippen molar-refractivity contribution in [1.29, 1.82) is 0 Å². The summed E-state index contributed by atoms with van der Waals surface area (Å²) in [4.78, 5) is 24.8. The molecular weight excluding hydrogens is 320 g/mol. The standard InChI is InChI=1S/C17H16N6O2/c24-17(14-6-5-11-3-1-2-4-13(11)25-14)20-10-15-21-16(23-22-15)12-9-18-7-8-19-12/h1-4,7-9,14H,5-6,10H2,(H,20,24)(H,21,22,23). The molecule has 1 aliphatic rings. The highest BCUT2D eigenvalue weighted by molar-refractivity contribution is 5.81. The number of fused-ring (bicyclic) bond motifs is 1. The van der Waals surface area contributed by atoms with Crippen LogP contribution in [0, 0.1) is 0 Å². The number of para-hydroxylation sites is 1. The monoisotopic (exact) mass is 336 g/mol. The molecule has 1 aliphatic heterocycles. The van der Waals surface area contributed by atoms with Gasteiger partial charge in [0.2, 0.25) is 5.82 Å². The highest BCUT2D eigenvalue weighted by atomic mass is 16.5. The molecule has 0 saturated carbocycles. The van der Waals surface area contributed by atoms with Gasteiger partial charge >= 0.3 is 0 Å². The van der Waals surface area contributed by atoms with Crippen molar-refractivity contribution in [1.82, 2.24) is 30.5 Å². The lowest BCUT2D eigenvalue weighted by atomic mass is 10.0. The van der Waals surface area contributed by atoms with Gasteiger partial charge in [0.1, 0.15) is 17.3 Å². The van der Waals surface area contributed by atoms with Crippen molar-refractivity contribution in [3.8, 4) is 17.3 Å². The van der Waals surface area contributed by atoms with Crippen molar-refractivity contribution in [2.45, 2.75) is 25.5 Å². The van der Waals surface area contributed by atoms with E-state index in [4.69, 9.17) is 4.74 Å². The number of carbonyl (C=O) groups excluding carboxylic acids is 1. The zero-order valence-electron chi connectivity index (χ0n) is 13.3. The third-order valence-electron chi connectivity index (χ3n) is 3.96. The number of carbonyl (C=O) groups is 1. The summed E-state index contributed by atoms with van der Waals surface area (Å²) < 4.78 is 5.78. The summed E-state index contributed by atoms with van der Waals surface area (Å²) in [5.41, 5.74) is 1.71. The Morgan fingerprint density at radius 2 is 2.24 bits per heavy atom. The van der Waals surface area contributed by atoms with Crippen LogP contribution >= 0.6 is 0 Å². The molecule has 0 radical (unpaired) electrons. The molecule has 0 bridgehead atoms. The second-order valence-corrected chi connectivity index (χ2v) is 5.67. The topological polar surface area (TPSA) is 106 Å². The van der Waals surface area contributed by atoms with E-state index in [1.165, 1.54) is 0 Å². The first-order valence-corrected chi connectivity index (χ1v) is 7.99. The van der Waals surface area contributed by atoms with Crippen LogP contribution in [0.15, 0.2) is 42.9 Å². The lowest BCUT2D eigenvalue weighted by Gasteiger charge is -2.24. The zero-order valence-corrected chi connectivity index (χ0v) is 13.3. The number of nitrogens with zero attached hydrogens (tertiary/aromatic N) is 4. The highest BCUT2D eigenvalue weighted by Gasteiger charge is 2.25. The van der Waals surface area contributed by atoms with Crippen molar-refractivity contribution in [2.75, 3.05) is 0 Å². The quantitative estimate of drug-likeness (QED) is 0.743. The Bertz CT molecular complexity index is 880. The second kappa shape index (κ2) is 6.68. The number of rotatable bonds is 4. The zero-order chi connectivity index (χ0) is 17.1. The molecule has 0 spiro atoms. The molecule has 0 saturated heterocycles. The molecule has 25 heavy (non-hydrogen) atoms. The molecule has 3 aromatic rings. The molecule has 0 aliphatic carbocycles. The third kappa shape index (κ3) is 3.32. The van der Waals surface area contributed by atoms with Crippen molar-refractivity contribution in [2.24, 2.45) is 0 Å². The van der Waals surface area contributed by atoms with Crippen LogP contribution in [0.3, 0.4) is 0 Å². The number of hydrogen-bond donors (Lipinski definition) is 2. The number of nitrogens with one attached hydrogen (secondary N) is 2. The SMILES string of the molecule is O=C(NCc1nc(-c2cnccn2)n[nH]1)C1CCc2ccccc2O1. The van der Waals surface area contributed by atoms with Gasteiger partial charge in [-0.3, -0.25) is 14.9 Å². The fraction of sp³-hybridized carbons (Fsp3) is 0.235. The van der Waals surface area contributed by atoms with Crippen LogP contribution in [0.1, 0.15) is 17.8 Å². The minimum absolute atomic E-state index is 0.160. The van der Waals surface area contributed by atoms with E-state index in [0.29, 0.717) is 23.8 Å². The molecule has 4 rings (SSSR count). The number of ether oxygens (including phenoxy) is 1. The number of aromatic amines is 1. The molecule has 2 N–H and O–H groups in total. The van der Waals surface area contributed by atoms with E-state index in [1.807, 2.05) is 24.3 Å². The lowest BCUT2D eigenvalue weighted by molar-refractivity contribution is -0.128. The maximum absolute atomic E-state index is 12.3. The van der Waals surface area contributed by atoms with Gasteiger partial charge in [-0.2, -0.15) is 5.10 Å². The lowest BCUT2D eigenvalue weighted by Crippen LogP contribution is -2.40. The summed E-state index contributed by atoms with van der Waals surface area (Å²) >= 11 is 0. The summed E-state index contributed by atoms with van der Waals surface area (Å²) in [5.74, 6) is 1.61. The summed E-state index contributed by atoms with van der Waals surface area (Å²) in [6.07, 6.45) is 5.73. The molecule has 8 heteroatoms. The van der Waals surface area contributed by atoms with Gasteiger partial charge in [-0.05, 0) is 24.5 Å². The summed E-state index contributed by atoms with van der Waals surface area (Å²) in [6.45, 7) is 0.244. The third-order valence-corrected chi connectivity index (χ3v) is 3.96. The molecule has 2 aromatic heterocycles. The van der Waals surface area contributed by atoms with E-state index in [2.05, 4.69) is 30.5 Å². The number of H-pyrrole nitrogens is 1. The molecule has 1 atom stereocenters. The Labute approximate surface area is 143 Å². The van der Waals surface area contributed by atoms with Gasteiger partial charge in [0.25, 0.3) is 5.91 Å². The summed E-state index contributed by atoms with van der Waals surface area (Å²) in [5, 5.41) is 9.71. The molecule has 1 aromatic carbocycles. The molecule has 3 heterocycles. The number of amides is 1. The highest BCUT2D eigenvalue weighted by Crippen LogP contribution is 2.27. The molecule has 126 valence electrons. The van der Waals surface area contributed by atoms with Crippen LogP contribution in [0.2, 0.25) is 0 Å². The summed E-state index contributed by atoms with van der Waals surface area (Å²) in [7, 11) is 0. The Kier molecular flexibility index (Phi) is 4.07. The number of hydrogen-bond acceptors (Lipinski definition) is 6. The summed E-state index contributed by atoms with van der Waals surface area (Å²) in [6, 6.07) is 7.78. The van der Waals surface area contributed by atoms with Gasteiger partial charge in [0.05, 0.1) is 12.7 Å². The smallest absolute Gasteiger partial charge is 0.261 e. The van der Waals surface area contributed by atoms with Crippen LogP contribution in [0.4, 0.5) is 0 Å². The van der Waals surface area contributed by atoms with E-state index in [1.54, 1.807) is 18.6 Å². The number of aromatic nitrogens is 5. The van der Waals surface area contributed by atoms with Gasteiger partial charge in [-0.1, -0.05) is 18.2 Å². The first-order chi connectivity index (χ1) is 12.3. The minimum atomic E-state index is -0.489. The average molecular weight is 336 g/mol. The second-order valence-electron chi connectivity index (χ2n) is 5.67. The predicted octanol–water partition coefficient (Wildman–Crippen LogP) is 1.27. The minimum Gasteiger partial charge on any atom is -0.480 e. The molecule has 0 fully saturated rings.